The number of carbonyl (C=O) groups excluding carboxylic acids is 3. The van der Waals surface area contributed by atoms with Gasteiger partial charge in [-0.2, -0.15) is 0 Å². The van der Waals surface area contributed by atoms with Crippen LogP contribution in [0.25, 0.3) is 0 Å². The number of imidazole rings is 1. The topological polar surface area (TPSA) is 119 Å². The molecule has 1 aromatic heterocycles. The van der Waals surface area contributed by atoms with Crippen molar-refractivity contribution in [1.29, 1.82) is 0 Å². The van der Waals surface area contributed by atoms with Crippen LogP contribution < -0.4 is 9.47 Å². The molecule has 1 fully saturated rings. The number of urea groups is 1. The number of hydrogen-bond acceptors (Lipinski definition) is 6. The molecule has 1 aromatic carbocycles. The summed E-state index contributed by atoms with van der Waals surface area (Å²) < 4.78 is 7.37. The predicted molar refractivity (Wildman–Crippen MR) is 105 cm³/mol. The van der Waals surface area contributed by atoms with Gasteiger partial charge in [0.2, 0.25) is 11.8 Å². The smallest absolute Gasteiger partial charge is 0.332 e. The molecule has 0 spiro atoms. The average Bonchev–Trinajstić information content (AvgIpc) is 2.91. The van der Waals surface area contributed by atoms with Crippen molar-refractivity contribution in [1.82, 2.24) is 14.4 Å². The first-order valence-electron chi connectivity index (χ1n) is 9.24. The molecule has 1 N–H and O–H groups in total. The molecule has 0 unspecified atom stereocenters. The van der Waals surface area contributed by atoms with Gasteiger partial charge in [-0.05, 0) is 17.7 Å². The Bertz CT molecular complexity index is 1010. The second kappa shape index (κ2) is 7.36. The Kier molecular flexibility index (Phi) is 5.19. The Morgan fingerprint density at radius 3 is 2.10 bits per heavy atom. The van der Waals surface area contributed by atoms with Crippen molar-refractivity contribution in [3.8, 4) is 11.5 Å². The first kappa shape index (κ1) is 21.2. The number of aromatic hydroxyl groups is 1. The van der Waals surface area contributed by atoms with Crippen LogP contribution in [0.15, 0.2) is 18.2 Å². The third kappa shape index (κ3) is 2.95. The zero-order valence-corrected chi connectivity index (χ0v) is 17.7. The number of methoxy groups -OCH3 is 1. The maximum Gasteiger partial charge on any atom is 0.332 e. The maximum atomic E-state index is 13.1. The number of phenols is 1. The summed E-state index contributed by atoms with van der Waals surface area (Å²) in [6, 6.07) is 3.69. The standard InChI is InChI=1S/C20H24N4O6/c1-10-11(2)24(29)17(21(10)3)15(12-7-8-14(30-6)13(25)9-12)16-18(26)22(4)20(28)23(5)19(16)27/h7-9,15-16,25H,1-6H3/t15-/m1/s1. The average molecular weight is 416 g/mol. The number of benzene rings is 1. The van der Waals surface area contributed by atoms with Gasteiger partial charge in [0, 0.05) is 27.9 Å². The zero-order valence-electron chi connectivity index (χ0n) is 17.7. The van der Waals surface area contributed by atoms with E-state index in [0.29, 0.717) is 21.7 Å². The molecule has 1 aliphatic heterocycles. The van der Waals surface area contributed by atoms with E-state index in [1.165, 1.54) is 33.3 Å². The minimum atomic E-state index is -1.36. The van der Waals surface area contributed by atoms with Gasteiger partial charge in [0.1, 0.15) is 23.2 Å². The highest BCUT2D eigenvalue weighted by Crippen LogP contribution is 2.39. The zero-order chi connectivity index (χ0) is 22.5. The summed E-state index contributed by atoms with van der Waals surface area (Å²) in [5.41, 5.74) is 1.45. The highest BCUT2D eigenvalue weighted by molar-refractivity contribution is 6.16. The van der Waals surface area contributed by atoms with Gasteiger partial charge in [0.25, 0.3) is 5.82 Å². The van der Waals surface area contributed by atoms with Crippen molar-refractivity contribution in [2.24, 2.45) is 13.0 Å². The van der Waals surface area contributed by atoms with Crippen molar-refractivity contribution in [3.05, 3.63) is 46.2 Å². The van der Waals surface area contributed by atoms with E-state index in [9.17, 15) is 24.7 Å². The number of phenolic OH excluding ortho intramolecular Hbond substituents is 1. The number of aromatic nitrogens is 2. The number of hydrogen-bond donors (Lipinski definition) is 1. The lowest BCUT2D eigenvalue weighted by Gasteiger charge is -2.35. The summed E-state index contributed by atoms with van der Waals surface area (Å²) in [7, 11) is 5.63. The van der Waals surface area contributed by atoms with Crippen LogP contribution in [0.1, 0.15) is 28.7 Å². The van der Waals surface area contributed by atoms with Crippen LogP contribution >= 0.6 is 0 Å². The largest absolute Gasteiger partial charge is 0.711 e. The molecule has 4 amide bonds. The Morgan fingerprint density at radius 1 is 1.10 bits per heavy atom. The van der Waals surface area contributed by atoms with Gasteiger partial charge in [-0.3, -0.25) is 19.4 Å². The third-order valence-electron chi connectivity index (χ3n) is 5.82. The Balaban J connectivity index is 2.30. The Labute approximate surface area is 173 Å². The molecule has 0 aliphatic carbocycles. The Hall–Kier alpha value is -3.56. The molecule has 2 heterocycles. The summed E-state index contributed by atoms with van der Waals surface area (Å²) in [4.78, 5) is 40.0. The summed E-state index contributed by atoms with van der Waals surface area (Å²) in [6.07, 6.45) is 0. The fourth-order valence-electron chi connectivity index (χ4n) is 3.82. The monoisotopic (exact) mass is 416 g/mol. The van der Waals surface area contributed by atoms with Gasteiger partial charge < -0.3 is 15.1 Å². The van der Waals surface area contributed by atoms with E-state index in [2.05, 4.69) is 0 Å². The number of amides is 4. The summed E-state index contributed by atoms with van der Waals surface area (Å²) in [6.45, 7) is 3.39. The highest BCUT2D eigenvalue weighted by atomic mass is 16.5. The van der Waals surface area contributed by atoms with Gasteiger partial charge in [-0.1, -0.05) is 6.07 Å². The molecule has 3 rings (SSSR count). The van der Waals surface area contributed by atoms with Crippen molar-refractivity contribution in [2.75, 3.05) is 21.2 Å². The van der Waals surface area contributed by atoms with Gasteiger partial charge >= 0.3 is 6.03 Å². The molecular weight excluding hydrogens is 392 g/mol. The van der Waals surface area contributed by atoms with Crippen LogP contribution in [0, 0.1) is 25.0 Å². The van der Waals surface area contributed by atoms with Crippen molar-refractivity contribution in [2.45, 2.75) is 19.8 Å². The van der Waals surface area contributed by atoms with Crippen molar-refractivity contribution in [3.63, 3.8) is 0 Å². The molecule has 160 valence electrons. The highest BCUT2D eigenvalue weighted by Gasteiger charge is 2.51. The lowest BCUT2D eigenvalue weighted by molar-refractivity contribution is -0.621. The maximum absolute atomic E-state index is 13.1. The molecular formula is C20H24N4O6. The molecule has 10 nitrogen and oxygen atoms in total. The predicted octanol–water partition coefficient (Wildman–Crippen LogP) is 0.788. The summed E-state index contributed by atoms with van der Waals surface area (Å²) in [5.74, 6) is -3.70. The quantitative estimate of drug-likeness (QED) is 0.447. The number of barbiturate groups is 1. The lowest BCUT2D eigenvalue weighted by Crippen LogP contribution is -2.59. The molecule has 0 radical (unpaired) electrons. The van der Waals surface area contributed by atoms with Crippen molar-refractivity contribution >= 4 is 17.8 Å². The molecule has 1 saturated heterocycles. The van der Waals surface area contributed by atoms with Crippen molar-refractivity contribution < 1.29 is 29.0 Å². The third-order valence-corrected chi connectivity index (χ3v) is 5.82. The SMILES string of the molecule is COc1ccc([C@@H](c2n(C)c(C)c(C)[n+]2[O-])C2C(=O)N(C)C(=O)N(C)C2=O)cc1O. The molecule has 0 bridgehead atoms. The van der Waals surface area contributed by atoms with Gasteiger partial charge in [-0.15, -0.1) is 0 Å². The van der Waals surface area contributed by atoms with E-state index in [4.69, 9.17) is 4.74 Å². The van der Waals surface area contributed by atoms with Gasteiger partial charge in [-0.25, -0.2) is 14.1 Å². The molecule has 2 aromatic rings. The minimum Gasteiger partial charge on any atom is -0.711 e. The van der Waals surface area contributed by atoms with Crippen LogP contribution in [0.4, 0.5) is 4.79 Å². The first-order valence-corrected chi connectivity index (χ1v) is 9.24. The summed E-state index contributed by atoms with van der Waals surface area (Å²) in [5, 5.41) is 23.3. The minimum absolute atomic E-state index is 0.150. The van der Waals surface area contributed by atoms with Crippen LogP contribution in [0.3, 0.4) is 0 Å². The number of imide groups is 2. The summed E-state index contributed by atoms with van der Waals surface area (Å²) >= 11 is 0. The number of ether oxygens (including phenoxy) is 1. The van der Waals surface area contributed by atoms with Crippen LogP contribution in [0.2, 0.25) is 0 Å². The van der Waals surface area contributed by atoms with Crippen LogP contribution in [-0.2, 0) is 16.6 Å². The van der Waals surface area contributed by atoms with Crippen LogP contribution in [-0.4, -0.2) is 58.5 Å². The molecule has 0 saturated carbocycles. The normalized spacial score (nSPS) is 16.4. The van der Waals surface area contributed by atoms with E-state index in [-0.39, 0.29) is 17.3 Å². The van der Waals surface area contributed by atoms with E-state index >= 15 is 0 Å². The first-order chi connectivity index (χ1) is 14.0. The van der Waals surface area contributed by atoms with Crippen LogP contribution in [0.5, 0.6) is 11.5 Å². The van der Waals surface area contributed by atoms with E-state index in [1.54, 1.807) is 31.5 Å². The Morgan fingerprint density at radius 2 is 1.67 bits per heavy atom. The molecule has 30 heavy (non-hydrogen) atoms. The fourth-order valence-corrected chi connectivity index (χ4v) is 3.82. The molecule has 1 aliphatic rings. The fraction of sp³-hybridized carbons (Fsp3) is 0.400. The second-order valence-corrected chi connectivity index (χ2v) is 7.35. The number of rotatable bonds is 4. The van der Waals surface area contributed by atoms with E-state index in [0.717, 1.165) is 9.80 Å². The molecule has 10 heteroatoms. The van der Waals surface area contributed by atoms with E-state index < -0.39 is 29.7 Å². The second-order valence-electron chi connectivity index (χ2n) is 7.35. The molecule has 1 atom stereocenters. The van der Waals surface area contributed by atoms with Gasteiger partial charge in [0.15, 0.2) is 11.5 Å². The number of carbonyl (C=O) groups is 3. The van der Waals surface area contributed by atoms with Gasteiger partial charge in [0.05, 0.1) is 14.2 Å². The van der Waals surface area contributed by atoms with E-state index in [1.807, 2.05) is 0 Å². The number of nitrogens with zero attached hydrogens (tertiary/aromatic N) is 4. The lowest BCUT2D eigenvalue weighted by atomic mass is 9.82.